The largest absolute Gasteiger partial charge is 0.494 e. The van der Waals surface area contributed by atoms with Gasteiger partial charge in [0.25, 0.3) is 11.8 Å². The van der Waals surface area contributed by atoms with Crippen LogP contribution in [0, 0.1) is 0 Å². The molecule has 0 spiro atoms. The van der Waals surface area contributed by atoms with Crippen molar-refractivity contribution in [1.29, 1.82) is 0 Å². The van der Waals surface area contributed by atoms with Crippen LogP contribution < -0.4 is 26.2 Å². The Labute approximate surface area is 157 Å². The molecule has 1 aliphatic carbocycles. The quantitative estimate of drug-likeness (QED) is 0.289. The Morgan fingerprint density at radius 1 is 1.04 bits per heavy atom. The molecule has 1 aromatic rings. The average molecular weight is 376 g/mol. The number of carbonyl (C=O) groups excluding carboxylic acids is 4. The maximum atomic E-state index is 12.0. The van der Waals surface area contributed by atoms with E-state index in [1.54, 1.807) is 24.3 Å². The van der Waals surface area contributed by atoms with Crippen LogP contribution in [0.5, 0.6) is 5.75 Å². The van der Waals surface area contributed by atoms with Crippen molar-refractivity contribution in [3.8, 4) is 5.75 Å². The summed E-state index contributed by atoms with van der Waals surface area (Å²) in [6.07, 6.45) is 3.69. The second-order valence-corrected chi connectivity index (χ2v) is 6.16. The van der Waals surface area contributed by atoms with Crippen LogP contribution in [-0.4, -0.2) is 42.8 Å². The summed E-state index contributed by atoms with van der Waals surface area (Å²) in [7, 11) is 0. The maximum absolute atomic E-state index is 12.0. The Balaban J connectivity index is 1.67. The highest BCUT2D eigenvalue weighted by molar-refractivity contribution is 6.35. The highest BCUT2D eigenvalue weighted by Gasteiger charge is 2.26. The van der Waals surface area contributed by atoms with Gasteiger partial charge in [-0.1, -0.05) is 13.3 Å². The fourth-order valence-electron chi connectivity index (χ4n) is 2.01. The number of carbonyl (C=O) groups is 4. The van der Waals surface area contributed by atoms with Crippen molar-refractivity contribution in [2.45, 2.75) is 38.6 Å². The number of hydrogen-bond donors (Lipinski definition) is 4. The van der Waals surface area contributed by atoms with Gasteiger partial charge in [-0.25, -0.2) is 0 Å². The van der Waals surface area contributed by atoms with Crippen molar-refractivity contribution in [1.82, 2.24) is 21.5 Å². The number of amides is 4. The number of nitrogens with one attached hydrogen (secondary N) is 4. The number of rotatable bonds is 8. The third kappa shape index (κ3) is 7.35. The predicted molar refractivity (Wildman–Crippen MR) is 96.6 cm³/mol. The molecule has 1 saturated carbocycles. The highest BCUT2D eigenvalue weighted by atomic mass is 16.5. The first-order valence-corrected chi connectivity index (χ1v) is 8.90. The molecule has 2 rings (SSSR count). The Morgan fingerprint density at radius 2 is 1.74 bits per heavy atom. The minimum Gasteiger partial charge on any atom is -0.494 e. The van der Waals surface area contributed by atoms with E-state index in [1.807, 2.05) is 5.43 Å². The Morgan fingerprint density at radius 3 is 2.37 bits per heavy atom. The second-order valence-electron chi connectivity index (χ2n) is 6.16. The van der Waals surface area contributed by atoms with Gasteiger partial charge >= 0.3 is 11.8 Å². The number of ether oxygens (including phenoxy) is 1. The van der Waals surface area contributed by atoms with Gasteiger partial charge in [0, 0.05) is 11.6 Å². The van der Waals surface area contributed by atoms with E-state index in [2.05, 4.69) is 23.0 Å². The standard InChI is InChI=1S/C18H24N4O5/c1-2-3-10-27-14-8-4-12(5-9-14)16(24)19-11-15(23)21-22-18(26)17(25)20-13-6-7-13/h4-5,8-9,13H,2-3,6-7,10-11H2,1H3,(H,19,24)(H,20,25)(H,21,23)(H,22,26). The van der Waals surface area contributed by atoms with Crippen molar-refractivity contribution < 1.29 is 23.9 Å². The molecule has 1 aliphatic rings. The zero-order valence-electron chi connectivity index (χ0n) is 15.2. The first-order chi connectivity index (χ1) is 13.0. The van der Waals surface area contributed by atoms with Gasteiger partial charge in [0.05, 0.1) is 13.2 Å². The molecule has 4 N–H and O–H groups in total. The van der Waals surface area contributed by atoms with E-state index in [0.29, 0.717) is 17.9 Å². The van der Waals surface area contributed by atoms with Crippen LogP contribution in [0.25, 0.3) is 0 Å². The molecule has 1 aromatic carbocycles. The molecule has 1 fully saturated rings. The summed E-state index contributed by atoms with van der Waals surface area (Å²) in [6, 6.07) is 6.60. The maximum Gasteiger partial charge on any atom is 0.327 e. The third-order valence-corrected chi connectivity index (χ3v) is 3.73. The fourth-order valence-corrected chi connectivity index (χ4v) is 2.01. The van der Waals surface area contributed by atoms with Crippen molar-refractivity contribution in [2.24, 2.45) is 0 Å². The molecule has 9 nitrogen and oxygen atoms in total. The molecule has 0 aromatic heterocycles. The van der Waals surface area contributed by atoms with Gasteiger partial charge < -0.3 is 15.4 Å². The van der Waals surface area contributed by atoms with Gasteiger partial charge in [-0.2, -0.15) is 0 Å². The first kappa shape index (κ1) is 20.2. The lowest BCUT2D eigenvalue weighted by Gasteiger charge is -2.09. The number of benzene rings is 1. The van der Waals surface area contributed by atoms with E-state index in [1.165, 1.54) is 0 Å². The van der Waals surface area contributed by atoms with Gasteiger partial charge in [-0.15, -0.1) is 0 Å². The van der Waals surface area contributed by atoms with Gasteiger partial charge in [0.2, 0.25) is 0 Å². The average Bonchev–Trinajstić information content (AvgIpc) is 3.48. The minimum absolute atomic E-state index is 0.0432. The third-order valence-electron chi connectivity index (χ3n) is 3.73. The lowest BCUT2D eigenvalue weighted by atomic mass is 10.2. The van der Waals surface area contributed by atoms with E-state index in [9.17, 15) is 19.2 Å². The van der Waals surface area contributed by atoms with Gasteiger partial charge in [-0.3, -0.25) is 30.0 Å². The number of hydrazine groups is 1. The zero-order chi connectivity index (χ0) is 19.6. The van der Waals surface area contributed by atoms with Crippen molar-refractivity contribution in [3.05, 3.63) is 29.8 Å². The van der Waals surface area contributed by atoms with E-state index >= 15 is 0 Å². The van der Waals surface area contributed by atoms with Crippen LogP contribution in [0.2, 0.25) is 0 Å². The summed E-state index contributed by atoms with van der Waals surface area (Å²) >= 11 is 0. The van der Waals surface area contributed by atoms with E-state index < -0.39 is 23.6 Å². The summed E-state index contributed by atoms with van der Waals surface area (Å²) in [6.45, 7) is 2.34. The molecule has 0 atom stereocenters. The lowest BCUT2D eigenvalue weighted by molar-refractivity contribution is -0.140. The molecule has 4 amide bonds. The van der Waals surface area contributed by atoms with Crippen LogP contribution in [0.15, 0.2) is 24.3 Å². The van der Waals surface area contributed by atoms with Crippen LogP contribution in [0.1, 0.15) is 43.0 Å². The molecule has 0 heterocycles. The fraction of sp³-hybridized carbons (Fsp3) is 0.444. The van der Waals surface area contributed by atoms with Crippen LogP contribution in [0.3, 0.4) is 0 Å². The number of unbranched alkanes of at least 4 members (excludes halogenated alkanes) is 1. The Bertz CT molecular complexity index is 685. The summed E-state index contributed by atoms with van der Waals surface area (Å²) in [5.74, 6) is -2.19. The molecular weight excluding hydrogens is 352 g/mol. The van der Waals surface area contributed by atoms with Crippen LogP contribution in [0.4, 0.5) is 0 Å². The van der Waals surface area contributed by atoms with E-state index in [-0.39, 0.29) is 12.6 Å². The SMILES string of the molecule is CCCCOc1ccc(C(=O)NCC(=O)NNC(=O)C(=O)NC2CC2)cc1. The van der Waals surface area contributed by atoms with Gasteiger partial charge in [-0.05, 0) is 43.5 Å². The number of hydrogen-bond acceptors (Lipinski definition) is 5. The summed E-state index contributed by atoms with van der Waals surface area (Å²) < 4.78 is 5.51. The van der Waals surface area contributed by atoms with Gasteiger partial charge in [0.15, 0.2) is 0 Å². The molecule has 0 aliphatic heterocycles. The normalized spacial score (nSPS) is 12.6. The molecule has 0 radical (unpaired) electrons. The molecule has 27 heavy (non-hydrogen) atoms. The van der Waals surface area contributed by atoms with Crippen molar-refractivity contribution >= 4 is 23.6 Å². The lowest BCUT2D eigenvalue weighted by Crippen LogP contribution is -2.51. The second kappa shape index (κ2) is 10.1. The van der Waals surface area contributed by atoms with Crippen LogP contribution >= 0.6 is 0 Å². The van der Waals surface area contributed by atoms with Crippen molar-refractivity contribution in [3.63, 3.8) is 0 Å². The molecule has 0 saturated heterocycles. The molecular formula is C18H24N4O5. The smallest absolute Gasteiger partial charge is 0.327 e. The first-order valence-electron chi connectivity index (χ1n) is 8.90. The summed E-state index contributed by atoms with van der Waals surface area (Å²) in [4.78, 5) is 46.5. The topological polar surface area (TPSA) is 126 Å². The monoisotopic (exact) mass is 376 g/mol. The predicted octanol–water partition coefficient (Wildman–Crippen LogP) is 0.0213. The minimum atomic E-state index is -0.958. The molecule has 0 unspecified atom stereocenters. The van der Waals surface area contributed by atoms with E-state index in [4.69, 9.17) is 4.74 Å². The van der Waals surface area contributed by atoms with Crippen LogP contribution in [-0.2, 0) is 14.4 Å². The Hall–Kier alpha value is -3.10. The molecule has 0 bridgehead atoms. The molecule has 9 heteroatoms. The summed E-state index contributed by atoms with van der Waals surface area (Å²) in [5, 5.41) is 4.91. The van der Waals surface area contributed by atoms with E-state index in [0.717, 1.165) is 25.7 Å². The zero-order valence-corrected chi connectivity index (χ0v) is 15.2. The molecule has 146 valence electrons. The van der Waals surface area contributed by atoms with Gasteiger partial charge in [0.1, 0.15) is 5.75 Å². The summed E-state index contributed by atoms with van der Waals surface area (Å²) in [5.41, 5.74) is 4.43. The van der Waals surface area contributed by atoms with Crippen molar-refractivity contribution in [2.75, 3.05) is 13.2 Å². The highest BCUT2D eigenvalue weighted by Crippen LogP contribution is 2.18. The Kier molecular flexibility index (Phi) is 7.60.